The molecule has 0 aliphatic carbocycles. The van der Waals surface area contributed by atoms with Gasteiger partial charge in [-0.3, -0.25) is 9.59 Å². The van der Waals surface area contributed by atoms with Crippen LogP contribution in [0.3, 0.4) is 0 Å². The molecule has 2 amide bonds. The van der Waals surface area contributed by atoms with Crippen molar-refractivity contribution in [1.82, 2.24) is 0 Å². The van der Waals surface area contributed by atoms with E-state index in [1.165, 1.54) is 31.3 Å². The van der Waals surface area contributed by atoms with Crippen molar-refractivity contribution in [3.63, 3.8) is 0 Å². The second-order valence-electron chi connectivity index (χ2n) is 6.74. The number of nitrogens with one attached hydrogen (secondary N) is 1. The van der Waals surface area contributed by atoms with E-state index in [2.05, 4.69) is 10.1 Å². The molecular formula is C21H22F2N2O5. The molecule has 0 spiro atoms. The Morgan fingerprint density at radius 2 is 1.93 bits per heavy atom. The van der Waals surface area contributed by atoms with Gasteiger partial charge in [0.15, 0.2) is 0 Å². The van der Waals surface area contributed by atoms with Gasteiger partial charge in [-0.2, -0.15) is 8.78 Å². The van der Waals surface area contributed by atoms with Crippen molar-refractivity contribution in [3.8, 4) is 17.2 Å². The molecule has 1 heterocycles. The van der Waals surface area contributed by atoms with Crippen molar-refractivity contribution in [2.45, 2.75) is 20.0 Å². The summed E-state index contributed by atoms with van der Waals surface area (Å²) in [5.41, 5.74) is 1.24. The zero-order valence-corrected chi connectivity index (χ0v) is 16.8. The number of amides is 2. The minimum atomic E-state index is -2.96. The number of methoxy groups -OCH3 is 2. The van der Waals surface area contributed by atoms with Gasteiger partial charge in [0.05, 0.1) is 25.8 Å². The first-order chi connectivity index (χ1) is 14.3. The fourth-order valence-electron chi connectivity index (χ4n) is 3.33. The highest BCUT2D eigenvalue weighted by atomic mass is 19.3. The third-order valence-corrected chi connectivity index (χ3v) is 4.93. The van der Waals surface area contributed by atoms with Crippen LogP contribution in [0.2, 0.25) is 0 Å². The fraction of sp³-hybridized carbons (Fsp3) is 0.333. The number of ether oxygens (including phenoxy) is 3. The molecule has 0 saturated carbocycles. The molecule has 1 aliphatic heterocycles. The lowest BCUT2D eigenvalue weighted by atomic mass is 10.1. The lowest BCUT2D eigenvalue weighted by molar-refractivity contribution is -0.122. The van der Waals surface area contributed by atoms with Crippen LogP contribution >= 0.6 is 0 Å². The molecule has 9 heteroatoms. The van der Waals surface area contributed by atoms with Gasteiger partial charge in [0.25, 0.3) is 0 Å². The molecule has 0 aromatic heterocycles. The van der Waals surface area contributed by atoms with Gasteiger partial charge >= 0.3 is 6.61 Å². The van der Waals surface area contributed by atoms with E-state index in [0.29, 0.717) is 28.4 Å². The van der Waals surface area contributed by atoms with E-state index < -0.39 is 12.5 Å². The van der Waals surface area contributed by atoms with Gasteiger partial charge in [-0.15, -0.1) is 0 Å². The molecule has 1 N–H and O–H groups in total. The van der Waals surface area contributed by atoms with Gasteiger partial charge in [-0.25, -0.2) is 0 Å². The number of anilines is 2. The Morgan fingerprint density at radius 3 is 2.60 bits per heavy atom. The highest BCUT2D eigenvalue weighted by Gasteiger charge is 2.36. The molecule has 2 aromatic rings. The van der Waals surface area contributed by atoms with Crippen molar-refractivity contribution >= 4 is 23.2 Å². The summed E-state index contributed by atoms with van der Waals surface area (Å²) in [5.74, 6) is -0.213. The Bertz CT molecular complexity index is 951. The molecular weight excluding hydrogens is 398 g/mol. The molecule has 2 aromatic carbocycles. The van der Waals surface area contributed by atoms with Crippen LogP contribution < -0.4 is 24.4 Å². The zero-order chi connectivity index (χ0) is 21.8. The Kier molecular flexibility index (Phi) is 6.39. The summed E-state index contributed by atoms with van der Waals surface area (Å²) in [7, 11) is 3.01. The number of hydrogen-bond acceptors (Lipinski definition) is 5. The monoisotopic (exact) mass is 420 g/mol. The predicted molar refractivity (Wildman–Crippen MR) is 106 cm³/mol. The van der Waals surface area contributed by atoms with Gasteiger partial charge in [0.2, 0.25) is 11.8 Å². The maximum atomic E-state index is 12.8. The third kappa shape index (κ3) is 4.45. The van der Waals surface area contributed by atoms with Gasteiger partial charge < -0.3 is 24.4 Å². The summed E-state index contributed by atoms with van der Waals surface area (Å²) >= 11 is 0. The third-order valence-electron chi connectivity index (χ3n) is 4.93. The number of benzene rings is 2. The Labute approximate surface area is 172 Å². The molecule has 1 unspecified atom stereocenters. The van der Waals surface area contributed by atoms with E-state index in [4.69, 9.17) is 9.47 Å². The van der Waals surface area contributed by atoms with E-state index in [1.54, 1.807) is 31.2 Å². The molecule has 0 radical (unpaired) electrons. The Hall–Kier alpha value is -3.36. The zero-order valence-electron chi connectivity index (χ0n) is 16.8. The normalized spacial score (nSPS) is 16.0. The van der Waals surface area contributed by atoms with Crippen LogP contribution in [-0.4, -0.2) is 39.2 Å². The molecule has 1 aliphatic rings. The van der Waals surface area contributed by atoms with Gasteiger partial charge in [-0.1, -0.05) is 6.07 Å². The highest BCUT2D eigenvalue weighted by Crippen LogP contribution is 2.36. The second kappa shape index (κ2) is 8.98. The molecule has 1 saturated heterocycles. The maximum absolute atomic E-state index is 12.8. The number of nitrogens with zero attached hydrogens (tertiary/aromatic N) is 1. The number of carbonyl (C=O) groups excluding carboxylic acids is 2. The molecule has 3 rings (SSSR count). The minimum absolute atomic E-state index is 0.0124. The van der Waals surface area contributed by atoms with Gasteiger partial charge in [0.1, 0.15) is 17.2 Å². The standard InChI is InChI=1S/C21H22F2N2O5/c1-12-15(5-4-6-17(12)30-21(22)23)24-20(27)13-9-19(26)25(11-13)16-10-14(28-2)7-8-18(16)29-3/h4-8,10,13,21H,9,11H2,1-3H3,(H,24,27). The van der Waals surface area contributed by atoms with E-state index >= 15 is 0 Å². The van der Waals surface area contributed by atoms with E-state index in [9.17, 15) is 18.4 Å². The first kappa shape index (κ1) is 21.4. The highest BCUT2D eigenvalue weighted by molar-refractivity contribution is 6.04. The molecule has 1 fully saturated rings. The average Bonchev–Trinajstić information content (AvgIpc) is 3.11. The van der Waals surface area contributed by atoms with Crippen LogP contribution in [0.15, 0.2) is 36.4 Å². The van der Waals surface area contributed by atoms with E-state index in [0.717, 1.165) is 0 Å². The summed E-state index contributed by atoms with van der Waals surface area (Å²) in [6.45, 7) is -1.24. The van der Waals surface area contributed by atoms with Crippen LogP contribution in [0.4, 0.5) is 20.2 Å². The summed E-state index contributed by atoms with van der Waals surface area (Å²) < 4.78 is 40.1. The molecule has 7 nitrogen and oxygen atoms in total. The minimum Gasteiger partial charge on any atom is -0.497 e. The number of rotatable bonds is 7. The first-order valence-electron chi connectivity index (χ1n) is 9.21. The summed E-state index contributed by atoms with van der Waals surface area (Å²) in [6, 6.07) is 9.56. The van der Waals surface area contributed by atoms with Gasteiger partial charge in [0, 0.05) is 30.3 Å². The van der Waals surface area contributed by atoms with E-state index in [1.807, 2.05) is 0 Å². The van der Waals surface area contributed by atoms with Crippen LogP contribution in [0.5, 0.6) is 17.2 Å². The lowest BCUT2D eigenvalue weighted by Gasteiger charge is -2.20. The quantitative estimate of drug-likeness (QED) is 0.741. The number of hydrogen-bond donors (Lipinski definition) is 1. The summed E-state index contributed by atoms with van der Waals surface area (Å²) in [6.07, 6.45) is 0.0124. The van der Waals surface area contributed by atoms with Gasteiger partial charge in [-0.05, 0) is 31.2 Å². The van der Waals surface area contributed by atoms with Crippen LogP contribution in [0.25, 0.3) is 0 Å². The Balaban J connectivity index is 1.77. The van der Waals surface area contributed by atoms with Crippen molar-refractivity contribution < 1.29 is 32.6 Å². The molecule has 30 heavy (non-hydrogen) atoms. The number of halogens is 2. The molecule has 0 bridgehead atoms. The smallest absolute Gasteiger partial charge is 0.387 e. The molecule has 1 atom stereocenters. The predicted octanol–water partition coefficient (Wildman–Crippen LogP) is 3.61. The molecule has 160 valence electrons. The largest absolute Gasteiger partial charge is 0.497 e. The van der Waals surface area contributed by atoms with Crippen molar-refractivity contribution in [1.29, 1.82) is 0 Å². The topological polar surface area (TPSA) is 77.1 Å². The first-order valence-corrected chi connectivity index (χ1v) is 9.21. The summed E-state index contributed by atoms with van der Waals surface area (Å²) in [4.78, 5) is 26.8. The van der Waals surface area contributed by atoms with Crippen LogP contribution in [0, 0.1) is 12.8 Å². The average molecular weight is 420 g/mol. The number of alkyl halides is 2. The lowest BCUT2D eigenvalue weighted by Crippen LogP contribution is -2.28. The van der Waals surface area contributed by atoms with Crippen LogP contribution in [-0.2, 0) is 9.59 Å². The SMILES string of the molecule is COc1ccc(OC)c(N2CC(C(=O)Nc3cccc(OC(F)F)c3C)CC2=O)c1. The van der Waals surface area contributed by atoms with Crippen molar-refractivity contribution in [2.24, 2.45) is 5.92 Å². The van der Waals surface area contributed by atoms with Crippen molar-refractivity contribution in [3.05, 3.63) is 42.0 Å². The maximum Gasteiger partial charge on any atom is 0.387 e. The second-order valence-corrected chi connectivity index (χ2v) is 6.74. The fourth-order valence-corrected chi connectivity index (χ4v) is 3.33. The number of carbonyl (C=O) groups is 2. The van der Waals surface area contributed by atoms with Crippen LogP contribution in [0.1, 0.15) is 12.0 Å². The van der Waals surface area contributed by atoms with Crippen molar-refractivity contribution in [2.75, 3.05) is 31.0 Å². The summed E-state index contributed by atoms with van der Waals surface area (Å²) in [5, 5.41) is 2.71. The van der Waals surface area contributed by atoms with E-state index in [-0.39, 0.29) is 30.5 Å². The Morgan fingerprint density at radius 1 is 1.17 bits per heavy atom.